The summed E-state index contributed by atoms with van der Waals surface area (Å²) in [6, 6.07) is -5.27. The maximum atomic E-state index is 12.7. The van der Waals surface area contributed by atoms with Crippen LogP contribution in [0.3, 0.4) is 0 Å². The topological polar surface area (TPSA) is 278 Å². The predicted octanol–water partition coefficient (Wildman–Crippen LogP) is -4.57. The molecule has 15 nitrogen and oxygen atoms in total. The molecule has 0 saturated carbocycles. The third-order valence-corrected chi connectivity index (χ3v) is 4.39. The largest absolute Gasteiger partial charge is 0.480 e. The minimum atomic E-state index is -1.58. The number of hydrogen-bond acceptors (Lipinski definition) is 8. The second-order valence-corrected chi connectivity index (χ2v) is 7.60. The molecule has 0 spiro atoms. The first-order chi connectivity index (χ1) is 15.3. The third kappa shape index (κ3) is 11.6. The summed E-state index contributed by atoms with van der Waals surface area (Å²) >= 11 is 0. The number of hydrogen-bond donors (Lipinski definition) is 9. The smallest absolute Gasteiger partial charge is 0.328 e. The number of primary amides is 1. The van der Waals surface area contributed by atoms with Crippen LogP contribution < -0.4 is 38.9 Å². The Bertz CT molecular complexity index is 739. The van der Waals surface area contributed by atoms with Crippen molar-refractivity contribution in [3.8, 4) is 0 Å². The molecule has 33 heavy (non-hydrogen) atoms. The molecule has 0 bridgehead atoms. The highest BCUT2D eigenvalue weighted by Gasteiger charge is 2.32. The van der Waals surface area contributed by atoms with E-state index < -0.39 is 72.7 Å². The summed E-state index contributed by atoms with van der Waals surface area (Å²) in [4.78, 5) is 63.7. The molecule has 0 aromatic carbocycles. The van der Waals surface area contributed by atoms with Crippen LogP contribution in [0.2, 0.25) is 0 Å². The molecule has 4 unspecified atom stereocenters. The summed E-state index contributed by atoms with van der Waals surface area (Å²) in [5.74, 6) is -5.49. The van der Waals surface area contributed by atoms with Crippen LogP contribution in [0.4, 0.5) is 0 Å². The highest BCUT2D eigenvalue weighted by molar-refractivity contribution is 5.96. The van der Waals surface area contributed by atoms with Crippen molar-refractivity contribution in [3.63, 3.8) is 0 Å². The number of aliphatic carboxylic acids is 1. The molecular weight excluding hydrogens is 440 g/mol. The van der Waals surface area contributed by atoms with E-state index in [1.807, 2.05) is 0 Å². The number of rotatable bonds is 15. The quantitative estimate of drug-likeness (QED) is 0.0622. The van der Waals surface area contributed by atoms with Crippen LogP contribution >= 0.6 is 0 Å². The van der Waals surface area contributed by atoms with Gasteiger partial charge in [0.05, 0.1) is 19.1 Å². The van der Waals surface area contributed by atoms with Crippen molar-refractivity contribution in [3.05, 3.63) is 0 Å². The van der Waals surface area contributed by atoms with E-state index in [-0.39, 0.29) is 18.9 Å². The maximum Gasteiger partial charge on any atom is 0.328 e. The molecule has 0 saturated heterocycles. The van der Waals surface area contributed by atoms with E-state index in [0.717, 1.165) is 0 Å². The molecule has 0 aromatic heterocycles. The number of carboxylic acid groups (broad SMARTS) is 1. The van der Waals surface area contributed by atoms with Crippen molar-refractivity contribution in [1.29, 1.82) is 0 Å². The highest BCUT2D eigenvalue weighted by atomic mass is 16.4. The number of amides is 4. The van der Waals surface area contributed by atoms with E-state index in [4.69, 9.17) is 33.1 Å². The van der Waals surface area contributed by atoms with Crippen LogP contribution in [0.1, 0.15) is 33.1 Å². The molecule has 0 radical (unpaired) electrons. The SMILES string of the molecule is CC(C)C(NC(=O)C(CC(N)=O)NC(=O)C(N)CCCN=C(N)N)C(=O)NC(CO)C(=O)O. The van der Waals surface area contributed by atoms with Gasteiger partial charge >= 0.3 is 5.97 Å². The summed E-state index contributed by atoms with van der Waals surface area (Å²) in [5, 5.41) is 24.8. The number of carbonyl (C=O) groups is 5. The molecule has 0 heterocycles. The lowest BCUT2D eigenvalue weighted by atomic mass is 10.0. The lowest BCUT2D eigenvalue weighted by molar-refractivity contribution is -0.143. The van der Waals surface area contributed by atoms with Crippen LogP contribution in [0.15, 0.2) is 4.99 Å². The Balaban J connectivity index is 5.25. The fraction of sp³-hybridized carbons (Fsp3) is 0.667. The van der Waals surface area contributed by atoms with Crippen LogP contribution in [0.25, 0.3) is 0 Å². The zero-order valence-electron chi connectivity index (χ0n) is 18.6. The summed E-state index contributed by atoms with van der Waals surface area (Å²) in [6.45, 7) is 2.53. The van der Waals surface area contributed by atoms with Crippen LogP contribution in [0, 0.1) is 5.92 Å². The average Bonchev–Trinajstić information content (AvgIpc) is 2.71. The fourth-order valence-electron chi connectivity index (χ4n) is 2.58. The van der Waals surface area contributed by atoms with Crippen molar-refractivity contribution in [1.82, 2.24) is 16.0 Å². The number of carbonyl (C=O) groups excluding carboxylic acids is 4. The number of carboxylic acids is 1. The van der Waals surface area contributed by atoms with Crippen molar-refractivity contribution < 1.29 is 34.2 Å². The summed E-state index contributed by atoms with van der Waals surface area (Å²) in [6.07, 6.45) is -0.00817. The Labute approximate surface area is 190 Å². The number of nitrogens with two attached hydrogens (primary N) is 4. The number of nitrogens with one attached hydrogen (secondary N) is 3. The van der Waals surface area contributed by atoms with Gasteiger partial charge in [-0.2, -0.15) is 0 Å². The third-order valence-electron chi connectivity index (χ3n) is 4.39. The zero-order chi connectivity index (χ0) is 25.7. The van der Waals surface area contributed by atoms with Gasteiger partial charge in [-0.05, 0) is 18.8 Å². The van der Waals surface area contributed by atoms with Crippen LogP contribution in [-0.2, 0) is 24.0 Å². The molecule has 15 heteroatoms. The molecule has 4 amide bonds. The van der Waals surface area contributed by atoms with Gasteiger partial charge in [0, 0.05) is 6.54 Å². The van der Waals surface area contributed by atoms with E-state index in [1.165, 1.54) is 0 Å². The number of nitrogens with zero attached hydrogens (tertiary/aromatic N) is 1. The maximum absolute atomic E-state index is 12.7. The molecule has 0 fully saturated rings. The Morgan fingerprint density at radius 3 is 1.94 bits per heavy atom. The Hall–Kier alpha value is -3.46. The van der Waals surface area contributed by atoms with Gasteiger partial charge in [0.2, 0.25) is 23.6 Å². The molecule has 0 aromatic rings. The van der Waals surface area contributed by atoms with Gasteiger partial charge in [-0.3, -0.25) is 24.2 Å². The monoisotopic (exact) mass is 474 g/mol. The number of aliphatic hydroxyl groups excluding tert-OH is 1. The van der Waals surface area contributed by atoms with Gasteiger partial charge in [0.25, 0.3) is 0 Å². The molecule has 13 N–H and O–H groups in total. The second-order valence-electron chi connectivity index (χ2n) is 7.60. The van der Waals surface area contributed by atoms with E-state index in [1.54, 1.807) is 13.8 Å². The minimum Gasteiger partial charge on any atom is -0.480 e. The van der Waals surface area contributed by atoms with E-state index in [0.29, 0.717) is 6.42 Å². The van der Waals surface area contributed by atoms with Crippen LogP contribution in [-0.4, -0.2) is 83.1 Å². The molecule has 0 aliphatic rings. The van der Waals surface area contributed by atoms with E-state index in [2.05, 4.69) is 20.9 Å². The molecular formula is C18H34N8O7. The molecule has 4 atom stereocenters. The van der Waals surface area contributed by atoms with E-state index >= 15 is 0 Å². The molecule has 0 aliphatic heterocycles. The molecule has 0 aliphatic carbocycles. The number of guanidine groups is 1. The average molecular weight is 475 g/mol. The van der Waals surface area contributed by atoms with Crippen molar-refractivity contribution in [2.45, 2.75) is 57.3 Å². The highest BCUT2D eigenvalue weighted by Crippen LogP contribution is 2.05. The minimum absolute atomic E-state index is 0.108. The Morgan fingerprint density at radius 1 is 0.909 bits per heavy atom. The summed E-state index contributed by atoms with van der Waals surface area (Å²) in [7, 11) is 0. The van der Waals surface area contributed by atoms with Gasteiger partial charge in [0.15, 0.2) is 5.96 Å². The first-order valence-corrected chi connectivity index (χ1v) is 10.1. The normalized spacial score (nSPS) is 14.3. The first-order valence-electron chi connectivity index (χ1n) is 10.1. The van der Waals surface area contributed by atoms with Gasteiger partial charge in [-0.15, -0.1) is 0 Å². The Morgan fingerprint density at radius 2 is 1.48 bits per heavy atom. The number of aliphatic imine (C=N–C) groups is 1. The van der Waals surface area contributed by atoms with Gasteiger partial charge in [0.1, 0.15) is 18.1 Å². The van der Waals surface area contributed by atoms with Gasteiger partial charge in [-0.1, -0.05) is 13.8 Å². The van der Waals surface area contributed by atoms with Crippen molar-refractivity contribution in [2.75, 3.05) is 13.2 Å². The first kappa shape index (κ1) is 29.5. The predicted molar refractivity (Wildman–Crippen MR) is 117 cm³/mol. The second kappa shape index (κ2) is 14.6. The molecule has 0 rings (SSSR count). The van der Waals surface area contributed by atoms with Crippen molar-refractivity contribution in [2.24, 2.45) is 33.8 Å². The van der Waals surface area contributed by atoms with Gasteiger partial charge < -0.3 is 49.1 Å². The lowest BCUT2D eigenvalue weighted by Crippen LogP contribution is -2.59. The fourth-order valence-corrected chi connectivity index (χ4v) is 2.58. The van der Waals surface area contributed by atoms with Crippen molar-refractivity contribution >= 4 is 35.6 Å². The van der Waals surface area contributed by atoms with Gasteiger partial charge in [-0.25, -0.2) is 4.79 Å². The zero-order valence-corrected chi connectivity index (χ0v) is 18.6. The number of aliphatic hydroxyl groups is 1. The van der Waals surface area contributed by atoms with Crippen LogP contribution in [0.5, 0.6) is 0 Å². The molecule has 188 valence electrons. The standard InChI is InChI=1S/C18H34N8O7/c1-8(2)13(16(31)25-11(7-27)17(32)33)26-15(30)10(6-12(20)28)24-14(29)9(19)4-3-5-23-18(21)22/h8-11,13,27H,3-7,19H2,1-2H3,(H2,20,28)(H,24,29)(H,25,31)(H,26,30)(H,32,33)(H4,21,22,23). The lowest BCUT2D eigenvalue weighted by Gasteiger charge is -2.26. The summed E-state index contributed by atoms with van der Waals surface area (Å²) in [5.41, 5.74) is 21.4. The Kier molecular flexibility index (Phi) is 13.0. The van der Waals surface area contributed by atoms with E-state index in [9.17, 15) is 24.0 Å². The summed E-state index contributed by atoms with van der Waals surface area (Å²) < 4.78 is 0.